The number of benzene rings is 2. The molecule has 0 aromatic heterocycles. The maximum atomic E-state index is 10.2. The van der Waals surface area contributed by atoms with Gasteiger partial charge in [0, 0.05) is 17.6 Å². The smallest absolute Gasteiger partial charge is 0.115 e. The van der Waals surface area contributed by atoms with Crippen molar-refractivity contribution < 1.29 is 15.3 Å². The van der Waals surface area contributed by atoms with E-state index in [0.29, 0.717) is 18.0 Å². The lowest BCUT2D eigenvalue weighted by molar-refractivity contribution is 0.158. The summed E-state index contributed by atoms with van der Waals surface area (Å²) in [4.78, 5) is 0. The Labute approximate surface area is 135 Å². The summed E-state index contributed by atoms with van der Waals surface area (Å²) in [6.07, 6.45) is -0.0773. The van der Waals surface area contributed by atoms with Gasteiger partial charge in [0.2, 0.25) is 0 Å². The lowest BCUT2D eigenvalue weighted by Gasteiger charge is -2.19. The molecule has 0 amide bonds. The van der Waals surface area contributed by atoms with Gasteiger partial charge in [-0.05, 0) is 41.8 Å². The van der Waals surface area contributed by atoms with Crippen LogP contribution in [0.5, 0.6) is 5.75 Å². The number of hydrogen-bond donors (Lipinski definition) is 4. The summed E-state index contributed by atoms with van der Waals surface area (Å²) in [5.74, 6) is 0.216. The first-order valence-electron chi connectivity index (χ1n) is 7.14. The Balaban J connectivity index is 1.89. The van der Waals surface area contributed by atoms with Crippen molar-refractivity contribution >= 4 is 11.6 Å². The van der Waals surface area contributed by atoms with Crippen LogP contribution in [0.2, 0.25) is 5.02 Å². The molecule has 118 valence electrons. The Hall–Kier alpha value is -1.59. The van der Waals surface area contributed by atoms with Crippen molar-refractivity contribution in [1.82, 2.24) is 5.32 Å². The Kier molecular flexibility index (Phi) is 6.21. The van der Waals surface area contributed by atoms with Crippen LogP contribution >= 0.6 is 11.6 Å². The summed E-state index contributed by atoms with van der Waals surface area (Å²) in [5.41, 5.74) is 1.74. The Morgan fingerprint density at radius 2 is 1.82 bits per heavy atom. The number of rotatable bonds is 7. The molecule has 0 aliphatic heterocycles. The van der Waals surface area contributed by atoms with Gasteiger partial charge in [0.1, 0.15) is 5.75 Å². The van der Waals surface area contributed by atoms with Crippen LogP contribution in [0.4, 0.5) is 0 Å². The fourth-order valence-corrected chi connectivity index (χ4v) is 2.43. The van der Waals surface area contributed by atoms with E-state index < -0.39 is 6.10 Å². The number of nitrogens with one attached hydrogen (secondary N) is 1. The van der Waals surface area contributed by atoms with Crippen molar-refractivity contribution in [3.8, 4) is 5.75 Å². The lowest BCUT2D eigenvalue weighted by Crippen LogP contribution is -2.37. The van der Waals surface area contributed by atoms with Crippen LogP contribution in [-0.4, -0.2) is 34.5 Å². The van der Waals surface area contributed by atoms with Crippen molar-refractivity contribution in [2.45, 2.75) is 18.6 Å². The van der Waals surface area contributed by atoms with Crippen LogP contribution in [0.3, 0.4) is 0 Å². The normalized spacial score (nSPS) is 13.8. The molecule has 2 rings (SSSR count). The van der Waals surface area contributed by atoms with E-state index in [0.717, 1.165) is 11.1 Å². The maximum Gasteiger partial charge on any atom is 0.115 e. The molecule has 0 aliphatic rings. The highest BCUT2D eigenvalue weighted by atomic mass is 35.5. The fraction of sp³-hybridized carbons (Fsp3) is 0.294. The number of halogens is 1. The number of aromatic hydroxyl groups is 1. The van der Waals surface area contributed by atoms with Gasteiger partial charge in [0.25, 0.3) is 0 Å². The predicted octanol–water partition coefficient (Wildman–Crippen LogP) is 2.27. The van der Waals surface area contributed by atoms with Crippen LogP contribution in [0.25, 0.3) is 0 Å². The van der Waals surface area contributed by atoms with Gasteiger partial charge < -0.3 is 20.6 Å². The maximum absolute atomic E-state index is 10.2. The molecular weight excluding hydrogens is 302 g/mol. The first-order valence-corrected chi connectivity index (χ1v) is 7.52. The quantitative estimate of drug-likeness (QED) is 0.631. The molecule has 2 aromatic rings. The van der Waals surface area contributed by atoms with Gasteiger partial charge in [-0.3, -0.25) is 0 Å². The fourth-order valence-electron chi connectivity index (χ4n) is 2.23. The second-order valence-corrected chi connectivity index (χ2v) is 5.67. The zero-order chi connectivity index (χ0) is 15.9. The second kappa shape index (κ2) is 8.15. The summed E-state index contributed by atoms with van der Waals surface area (Å²) in [6, 6.07) is 13.8. The predicted molar refractivity (Wildman–Crippen MR) is 87.1 cm³/mol. The van der Waals surface area contributed by atoms with E-state index in [1.54, 1.807) is 30.3 Å². The molecule has 0 saturated heterocycles. The van der Waals surface area contributed by atoms with E-state index in [9.17, 15) is 15.3 Å². The molecule has 0 fully saturated rings. The zero-order valence-electron chi connectivity index (χ0n) is 12.1. The van der Waals surface area contributed by atoms with E-state index in [1.165, 1.54) is 0 Å². The Morgan fingerprint density at radius 1 is 1.09 bits per heavy atom. The van der Waals surface area contributed by atoms with E-state index in [4.69, 9.17) is 11.6 Å². The number of phenols is 1. The van der Waals surface area contributed by atoms with Crippen LogP contribution in [0.1, 0.15) is 17.2 Å². The minimum Gasteiger partial charge on any atom is -0.508 e. The highest BCUT2D eigenvalue weighted by Gasteiger charge is 2.12. The molecule has 4 nitrogen and oxygen atoms in total. The first kappa shape index (κ1) is 16.8. The van der Waals surface area contributed by atoms with E-state index >= 15 is 0 Å². The molecule has 0 spiro atoms. The molecule has 0 heterocycles. The molecule has 0 bridgehead atoms. The average Bonchev–Trinajstić information content (AvgIpc) is 2.53. The van der Waals surface area contributed by atoms with Crippen LogP contribution in [-0.2, 0) is 6.42 Å². The first-order chi connectivity index (χ1) is 10.6. The average molecular weight is 322 g/mol. The number of phenolic OH excluding ortho intramolecular Hbond substituents is 1. The third-order valence-electron chi connectivity index (χ3n) is 3.47. The van der Waals surface area contributed by atoms with Crippen LogP contribution in [0.15, 0.2) is 48.5 Å². The molecule has 0 radical (unpaired) electrons. The molecule has 4 N–H and O–H groups in total. The van der Waals surface area contributed by atoms with Gasteiger partial charge in [-0.1, -0.05) is 35.9 Å². The van der Waals surface area contributed by atoms with Crippen molar-refractivity contribution in [2.75, 3.05) is 13.2 Å². The SMILES string of the molecule is OC[C@H](Cc1ccc(O)cc1)NC[C@H](O)c1cccc(Cl)c1. The summed E-state index contributed by atoms with van der Waals surface area (Å²) in [5, 5.41) is 32.6. The van der Waals surface area contributed by atoms with Gasteiger partial charge in [-0.25, -0.2) is 0 Å². The molecular formula is C17H20ClNO3. The van der Waals surface area contributed by atoms with E-state index in [2.05, 4.69) is 5.32 Å². The van der Waals surface area contributed by atoms with Gasteiger partial charge >= 0.3 is 0 Å². The Morgan fingerprint density at radius 3 is 2.45 bits per heavy atom. The van der Waals surface area contributed by atoms with Crippen LogP contribution in [0, 0.1) is 0 Å². The minimum absolute atomic E-state index is 0.0385. The summed E-state index contributed by atoms with van der Waals surface area (Å²) in [7, 11) is 0. The highest BCUT2D eigenvalue weighted by Crippen LogP contribution is 2.17. The van der Waals surface area contributed by atoms with E-state index in [1.807, 2.05) is 18.2 Å². The topological polar surface area (TPSA) is 72.7 Å². The molecule has 0 aliphatic carbocycles. The summed E-state index contributed by atoms with van der Waals surface area (Å²) >= 11 is 5.91. The molecule has 0 unspecified atom stereocenters. The van der Waals surface area contributed by atoms with E-state index in [-0.39, 0.29) is 18.4 Å². The lowest BCUT2D eigenvalue weighted by atomic mass is 10.1. The standard InChI is InChI=1S/C17H20ClNO3/c18-14-3-1-2-13(9-14)17(22)10-19-15(11-20)8-12-4-6-16(21)7-5-12/h1-7,9,15,17,19-22H,8,10-11H2/t15-,17-/m0/s1. The van der Waals surface area contributed by atoms with Crippen molar-refractivity contribution in [1.29, 1.82) is 0 Å². The van der Waals surface area contributed by atoms with Gasteiger partial charge in [0.05, 0.1) is 12.7 Å². The second-order valence-electron chi connectivity index (χ2n) is 5.23. The van der Waals surface area contributed by atoms with Crippen LogP contribution < -0.4 is 5.32 Å². The number of hydrogen-bond acceptors (Lipinski definition) is 4. The molecule has 2 aromatic carbocycles. The third-order valence-corrected chi connectivity index (χ3v) is 3.71. The molecule has 0 saturated carbocycles. The number of aliphatic hydroxyl groups excluding tert-OH is 2. The van der Waals surface area contributed by atoms with Crippen molar-refractivity contribution in [3.05, 3.63) is 64.7 Å². The highest BCUT2D eigenvalue weighted by molar-refractivity contribution is 6.30. The minimum atomic E-state index is -0.687. The van der Waals surface area contributed by atoms with Gasteiger partial charge in [0.15, 0.2) is 0 Å². The monoisotopic (exact) mass is 321 g/mol. The third kappa shape index (κ3) is 5.00. The number of aliphatic hydroxyl groups is 2. The van der Waals surface area contributed by atoms with Crippen molar-refractivity contribution in [2.24, 2.45) is 0 Å². The Bertz CT molecular complexity index is 589. The summed E-state index contributed by atoms with van der Waals surface area (Å²) < 4.78 is 0. The van der Waals surface area contributed by atoms with Gasteiger partial charge in [-0.2, -0.15) is 0 Å². The largest absolute Gasteiger partial charge is 0.508 e. The van der Waals surface area contributed by atoms with Crippen molar-refractivity contribution in [3.63, 3.8) is 0 Å². The molecule has 5 heteroatoms. The zero-order valence-corrected chi connectivity index (χ0v) is 12.9. The van der Waals surface area contributed by atoms with Gasteiger partial charge in [-0.15, -0.1) is 0 Å². The molecule has 22 heavy (non-hydrogen) atoms. The molecule has 2 atom stereocenters. The summed E-state index contributed by atoms with van der Waals surface area (Å²) in [6.45, 7) is 0.285.